The molecule has 1 fully saturated rings. The van der Waals surface area contributed by atoms with E-state index in [9.17, 15) is 9.90 Å². The Morgan fingerprint density at radius 1 is 1.45 bits per heavy atom. The summed E-state index contributed by atoms with van der Waals surface area (Å²) in [5.41, 5.74) is 2.28. The Balaban J connectivity index is 1.64. The Bertz CT molecular complexity index is 667. The maximum Gasteiger partial charge on any atom is 0.251 e. The Labute approximate surface area is 129 Å². The number of amides is 1. The summed E-state index contributed by atoms with van der Waals surface area (Å²) in [6, 6.07) is 5.47. The van der Waals surface area contributed by atoms with Gasteiger partial charge in [0.05, 0.1) is 11.6 Å². The quantitative estimate of drug-likeness (QED) is 0.901. The van der Waals surface area contributed by atoms with Gasteiger partial charge in [-0.1, -0.05) is 11.6 Å². The van der Waals surface area contributed by atoms with Gasteiger partial charge >= 0.3 is 0 Å². The monoisotopic (exact) mass is 302 g/mol. The van der Waals surface area contributed by atoms with Crippen molar-refractivity contribution in [3.05, 3.63) is 23.8 Å². The predicted octanol–water partition coefficient (Wildman–Crippen LogP) is 1.73. The zero-order valence-corrected chi connectivity index (χ0v) is 12.8. The highest BCUT2D eigenvalue weighted by Crippen LogP contribution is 2.23. The first-order valence-corrected chi connectivity index (χ1v) is 7.97. The van der Waals surface area contributed by atoms with Crippen molar-refractivity contribution in [2.45, 2.75) is 45.3 Å². The lowest BCUT2D eigenvalue weighted by atomic mass is 9.87. The number of carbonyl (C=O) groups excluding carboxylic acids is 1. The van der Waals surface area contributed by atoms with E-state index in [1.807, 2.05) is 19.1 Å². The second-order valence-electron chi connectivity index (χ2n) is 6.01. The Morgan fingerprint density at radius 3 is 3.09 bits per heavy atom. The van der Waals surface area contributed by atoms with Gasteiger partial charge < -0.3 is 10.4 Å². The third-order valence-corrected chi connectivity index (χ3v) is 4.38. The van der Waals surface area contributed by atoms with Crippen molar-refractivity contribution in [2.24, 2.45) is 5.92 Å². The van der Waals surface area contributed by atoms with Crippen LogP contribution in [0.15, 0.2) is 18.2 Å². The summed E-state index contributed by atoms with van der Waals surface area (Å²) >= 11 is 0. The molecule has 3 rings (SSSR count). The highest BCUT2D eigenvalue weighted by molar-refractivity contribution is 5.97. The lowest BCUT2D eigenvalue weighted by molar-refractivity contribution is 0.0874. The number of aliphatic hydroxyl groups excluding tert-OH is 1. The van der Waals surface area contributed by atoms with Crippen LogP contribution in [0.25, 0.3) is 11.0 Å². The van der Waals surface area contributed by atoms with E-state index in [0.717, 1.165) is 43.3 Å². The molecule has 1 aliphatic carbocycles. The third-order valence-electron chi connectivity index (χ3n) is 4.38. The minimum absolute atomic E-state index is 0.0898. The average Bonchev–Trinajstić information content (AvgIpc) is 2.95. The number of benzene rings is 1. The second-order valence-corrected chi connectivity index (χ2v) is 6.01. The predicted molar refractivity (Wildman–Crippen MR) is 83.5 cm³/mol. The number of nitrogens with one attached hydrogen (secondary N) is 1. The van der Waals surface area contributed by atoms with Gasteiger partial charge in [-0.25, -0.2) is 4.68 Å². The average molecular weight is 302 g/mol. The van der Waals surface area contributed by atoms with Crippen LogP contribution < -0.4 is 5.32 Å². The molecule has 2 aromatic rings. The largest absolute Gasteiger partial charge is 0.393 e. The number of nitrogens with zero attached hydrogens (tertiary/aromatic N) is 3. The van der Waals surface area contributed by atoms with Crippen LogP contribution in [-0.4, -0.2) is 38.7 Å². The molecule has 2 N–H and O–H groups in total. The van der Waals surface area contributed by atoms with Crippen molar-refractivity contribution in [2.75, 3.05) is 6.54 Å². The zero-order valence-electron chi connectivity index (χ0n) is 12.8. The number of hydrogen-bond donors (Lipinski definition) is 2. The molecule has 1 saturated carbocycles. The topological polar surface area (TPSA) is 80.0 Å². The molecule has 0 radical (unpaired) electrons. The molecule has 0 bridgehead atoms. The minimum atomic E-state index is -0.212. The lowest BCUT2D eigenvalue weighted by Gasteiger charge is -2.25. The summed E-state index contributed by atoms with van der Waals surface area (Å²) in [5.74, 6) is 0.283. The van der Waals surface area contributed by atoms with E-state index < -0.39 is 0 Å². The van der Waals surface area contributed by atoms with Crippen LogP contribution >= 0.6 is 0 Å². The first-order chi connectivity index (χ1) is 10.7. The Kier molecular flexibility index (Phi) is 4.38. The van der Waals surface area contributed by atoms with Crippen molar-refractivity contribution in [1.29, 1.82) is 0 Å². The standard InChI is InChI=1S/C16H22N4O2/c1-2-20-15-7-6-12(9-14(15)18-19-20)16(22)17-10-11-4-3-5-13(21)8-11/h6-7,9,11,13,21H,2-5,8,10H2,1H3,(H,17,22). The number of rotatable bonds is 4. The molecular weight excluding hydrogens is 280 g/mol. The highest BCUT2D eigenvalue weighted by atomic mass is 16.3. The molecule has 1 aromatic heterocycles. The first-order valence-electron chi connectivity index (χ1n) is 7.97. The summed E-state index contributed by atoms with van der Waals surface area (Å²) in [5, 5.41) is 20.8. The molecule has 1 aliphatic rings. The van der Waals surface area contributed by atoms with Gasteiger partial charge in [0.25, 0.3) is 5.91 Å². The Morgan fingerprint density at radius 2 is 2.32 bits per heavy atom. The van der Waals surface area contributed by atoms with E-state index in [1.165, 1.54) is 0 Å². The molecule has 6 heteroatoms. The number of carbonyl (C=O) groups is 1. The van der Waals surface area contributed by atoms with Gasteiger partial charge in [0.1, 0.15) is 5.52 Å². The van der Waals surface area contributed by atoms with Gasteiger partial charge in [-0.2, -0.15) is 0 Å². The molecule has 118 valence electrons. The van der Waals surface area contributed by atoms with Crippen LogP contribution in [0.1, 0.15) is 43.0 Å². The molecule has 1 aromatic carbocycles. The summed E-state index contributed by atoms with van der Waals surface area (Å²) in [6.07, 6.45) is 3.56. The smallest absolute Gasteiger partial charge is 0.251 e. The molecule has 2 atom stereocenters. The maximum absolute atomic E-state index is 12.3. The van der Waals surface area contributed by atoms with Gasteiger partial charge in [-0.3, -0.25) is 4.79 Å². The summed E-state index contributed by atoms with van der Waals surface area (Å²) in [6.45, 7) is 3.38. The van der Waals surface area contributed by atoms with Crippen LogP contribution in [-0.2, 0) is 6.54 Å². The van der Waals surface area contributed by atoms with Crippen LogP contribution in [0.5, 0.6) is 0 Å². The van der Waals surface area contributed by atoms with E-state index in [0.29, 0.717) is 18.0 Å². The van der Waals surface area contributed by atoms with Gasteiger partial charge in [0, 0.05) is 18.7 Å². The van der Waals surface area contributed by atoms with Gasteiger partial charge in [-0.15, -0.1) is 5.10 Å². The molecular formula is C16H22N4O2. The fourth-order valence-corrected chi connectivity index (χ4v) is 3.13. The second kappa shape index (κ2) is 6.44. The molecule has 1 heterocycles. The van der Waals surface area contributed by atoms with Crippen LogP contribution in [0.4, 0.5) is 0 Å². The fourth-order valence-electron chi connectivity index (χ4n) is 3.13. The molecule has 2 unspecified atom stereocenters. The van der Waals surface area contributed by atoms with Crippen molar-refractivity contribution >= 4 is 16.9 Å². The number of aromatic nitrogens is 3. The van der Waals surface area contributed by atoms with E-state index in [4.69, 9.17) is 0 Å². The SMILES string of the molecule is CCn1nnc2cc(C(=O)NCC3CCCC(O)C3)ccc21. The number of aliphatic hydroxyl groups is 1. The van der Waals surface area contributed by atoms with Crippen molar-refractivity contribution in [3.63, 3.8) is 0 Å². The van der Waals surface area contributed by atoms with Crippen molar-refractivity contribution in [3.8, 4) is 0 Å². The van der Waals surface area contributed by atoms with E-state index in [-0.39, 0.29) is 12.0 Å². The normalized spacial score (nSPS) is 21.9. The third kappa shape index (κ3) is 3.11. The van der Waals surface area contributed by atoms with Gasteiger partial charge in [0.15, 0.2) is 0 Å². The molecule has 1 amide bonds. The van der Waals surface area contributed by atoms with Crippen LogP contribution in [0.2, 0.25) is 0 Å². The highest BCUT2D eigenvalue weighted by Gasteiger charge is 2.20. The summed E-state index contributed by atoms with van der Waals surface area (Å²) in [7, 11) is 0. The van der Waals surface area contributed by atoms with E-state index in [1.54, 1.807) is 10.7 Å². The van der Waals surface area contributed by atoms with E-state index >= 15 is 0 Å². The molecule has 0 spiro atoms. The summed E-state index contributed by atoms with van der Waals surface area (Å²) in [4.78, 5) is 12.3. The van der Waals surface area contributed by atoms with Crippen LogP contribution in [0, 0.1) is 5.92 Å². The lowest BCUT2D eigenvalue weighted by Crippen LogP contribution is -2.32. The number of hydrogen-bond acceptors (Lipinski definition) is 4. The van der Waals surface area contributed by atoms with Crippen molar-refractivity contribution in [1.82, 2.24) is 20.3 Å². The van der Waals surface area contributed by atoms with Crippen molar-refractivity contribution < 1.29 is 9.90 Å². The van der Waals surface area contributed by atoms with Crippen LogP contribution in [0.3, 0.4) is 0 Å². The van der Waals surface area contributed by atoms with Gasteiger partial charge in [-0.05, 0) is 50.3 Å². The zero-order chi connectivity index (χ0) is 15.5. The molecule has 6 nitrogen and oxygen atoms in total. The number of aryl methyl sites for hydroxylation is 1. The fraction of sp³-hybridized carbons (Fsp3) is 0.562. The molecule has 0 aliphatic heterocycles. The minimum Gasteiger partial charge on any atom is -0.393 e. The van der Waals surface area contributed by atoms with E-state index in [2.05, 4.69) is 15.6 Å². The first kappa shape index (κ1) is 15.0. The molecule has 22 heavy (non-hydrogen) atoms. The van der Waals surface area contributed by atoms with Gasteiger partial charge in [0.2, 0.25) is 0 Å². The number of fused-ring (bicyclic) bond motifs is 1. The maximum atomic E-state index is 12.3. The molecule has 0 saturated heterocycles. The Hall–Kier alpha value is -1.95. The summed E-state index contributed by atoms with van der Waals surface area (Å²) < 4.78 is 1.81.